The molecule has 1 aromatic carbocycles. The van der Waals surface area contributed by atoms with Crippen LogP contribution in [0.5, 0.6) is 0 Å². The van der Waals surface area contributed by atoms with Crippen molar-refractivity contribution in [1.82, 2.24) is 19.4 Å². The minimum absolute atomic E-state index is 0.0109. The lowest BCUT2D eigenvalue weighted by atomic mass is 10.0. The van der Waals surface area contributed by atoms with Crippen molar-refractivity contribution >= 4 is 28.7 Å². The van der Waals surface area contributed by atoms with Gasteiger partial charge in [-0.15, -0.1) is 0 Å². The number of fused-ring (bicyclic) bond motifs is 1. The van der Waals surface area contributed by atoms with Crippen molar-refractivity contribution < 1.29 is 14.3 Å². The average Bonchev–Trinajstić information content (AvgIpc) is 3.06. The fraction of sp³-hybridized carbons (Fsp3) is 0.522. The van der Waals surface area contributed by atoms with Gasteiger partial charge in [0.25, 0.3) is 0 Å². The van der Waals surface area contributed by atoms with E-state index in [1.807, 2.05) is 24.3 Å². The van der Waals surface area contributed by atoms with Gasteiger partial charge in [-0.3, -0.25) is 13.9 Å². The maximum absolute atomic E-state index is 13.2. The number of allylic oxidation sites excluding steroid dienone is 2. The van der Waals surface area contributed by atoms with Crippen LogP contribution >= 0.6 is 0 Å². The molecule has 2 aliphatic rings. The Morgan fingerprint density at radius 3 is 2.55 bits per heavy atom. The SMILES string of the molecule is CCOC(=O)N1CCC(NC(=O)Cn2c(=O)n(C3=CCCCC3)c3ccccc32)CC1. The van der Waals surface area contributed by atoms with E-state index in [1.165, 1.54) is 0 Å². The molecule has 0 radical (unpaired) electrons. The predicted octanol–water partition coefficient (Wildman–Crippen LogP) is 2.96. The van der Waals surface area contributed by atoms with Crippen molar-refractivity contribution in [3.05, 3.63) is 40.8 Å². The number of hydrogen-bond acceptors (Lipinski definition) is 4. The first-order chi connectivity index (χ1) is 15.1. The molecule has 166 valence electrons. The summed E-state index contributed by atoms with van der Waals surface area (Å²) in [5.74, 6) is -0.183. The zero-order chi connectivity index (χ0) is 21.8. The van der Waals surface area contributed by atoms with E-state index in [0.29, 0.717) is 32.5 Å². The second-order valence-corrected chi connectivity index (χ2v) is 8.16. The summed E-state index contributed by atoms with van der Waals surface area (Å²) in [6, 6.07) is 7.63. The zero-order valence-corrected chi connectivity index (χ0v) is 18.0. The Kier molecular flexibility index (Phi) is 6.44. The van der Waals surface area contributed by atoms with Gasteiger partial charge in [-0.25, -0.2) is 9.59 Å². The minimum atomic E-state index is -0.302. The molecule has 0 atom stereocenters. The van der Waals surface area contributed by atoms with Crippen LogP contribution in [-0.4, -0.2) is 51.8 Å². The van der Waals surface area contributed by atoms with Crippen molar-refractivity contribution in [3.8, 4) is 0 Å². The molecule has 0 saturated carbocycles. The number of ether oxygens (including phenoxy) is 1. The Labute approximate surface area is 181 Å². The third-order valence-corrected chi connectivity index (χ3v) is 6.08. The van der Waals surface area contributed by atoms with E-state index in [4.69, 9.17) is 4.74 Å². The van der Waals surface area contributed by atoms with Crippen LogP contribution in [0.15, 0.2) is 35.1 Å². The molecule has 1 N–H and O–H groups in total. The van der Waals surface area contributed by atoms with Crippen LogP contribution in [0.2, 0.25) is 0 Å². The average molecular weight is 427 g/mol. The molecular formula is C23H30N4O4. The fourth-order valence-corrected chi connectivity index (χ4v) is 4.50. The van der Waals surface area contributed by atoms with E-state index in [0.717, 1.165) is 42.4 Å². The van der Waals surface area contributed by atoms with Gasteiger partial charge in [0.1, 0.15) is 6.54 Å². The molecule has 0 unspecified atom stereocenters. The van der Waals surface area contributed by atoms with Crippen molar-refractivity contribution in [2.75, 3.05) is 19.7 Å². The van der Waals surface area contributed by atoms with Gasteiger partial charge in [0.2, 0.25) is 5.91 Å². The highest BCUT2D eigenvalue weighted by molar-refractivity contribution is 5.83. The number of rotatable bonds is 5. The number of benzene rings is 1. The van der Waals surface area contributed by atoms with E-state index >= 15 is 0 Å². The lowest BCUT2D eigenvalue weighted by Gasteiger charge is -2.31. The number of carbonyl (C=O) groups excluding carboxylic acids is 2. The molecule has 4 rings (SSSR count). The summed E-state index contributed by atoms with van der Waals surface area (Å²) >= 11 is 0. The van der Waals surface area contributed by atoms with Gasteiger partial charge in [-0.1, -0.05) is 18.2 Å². The molecule has 2 aromatic rings. The lowest BCUT2D eigenvalue weighted by Crippen LogP contribution is -2.47. The monoisotopic (exact) mass is 426 g/mol. The Morgan fingerprint density at radius 2 is 1.87 bits per heavy atom. The van der Waals surface area contributed by atoms with Crippen LogP contribution in [0, 0.1) is 0 Å². The highest BCUT2D eigenvalue weighted by atomic mass is 16.6. The maximum Gasteiger partial charge on any atom is 0.409 e. The number of aromatic nitrogens is 2. The first-order valence-electron chi connectivity index (χ1n) is 11.2. The second-order valence-electron chi connectivity index (χ2n) is 8.16. The van der Waals surface area contributed by atoms with Crippen LogP contribution in [-0.2, 0) is 16.1 Å². The molecule has 1 aromatic heterocycles. The Bertz CT molecular complexity index is 1040. The van der Waals surface area contributed by atoms with E-state index in [2.05, 4.69) is 11.4 Å². The normalized spacial score (nSPS) is 17.5. The lowest BCUT2D eigenvalue weighted by molar-refractivity contribution is -0.122. The summed E-state index contributed by atoms with van der Waals surface area (Å²) in [6.07, 6.45) is 7.26. The number of nitrogens with zero attached hydrogens (tertiary/aromatic N) is 3. The fourth-order valence-electron chi connectivity index (χ4n) is 4.50. The summed E-state index contributed by atoms with van der Waals surface area (Å²) < 4.78 is 8.36. The number of piperidine rings is 1. The highest BCUT2D eigenvalue weighted by Crippen LogP contribution is 2.24. The molecule has 1 saturated heterocycles. The van der Waals surface area contributed by atoms with E-state index in [9.17, 15) is 14.4 Å². The first-order valence-corrected chi connectivity index (χ1v) is 11.2. The van der Waals surface area contributed by atoms with Crippen molar-refractivity contribution in [1.29, 1.82) is 0 Å². The van der Waals surface area contributed by atoms with Gasteiger partial charge in [0, 0.05) is 24.8 Å². The zero-order valence-electron chi connectivity index (χ0n) is 18.0. The minimum Gasteiger partial charge on any atom is -0.450 e. The second kappa shape index (κ2) is 9.41. The van der Waals surface area contributed by atoms with Gasteiger partial charge in [0.05, 0.1) is 17.6 Å². The molecule has 0 bridgehead atoms. The molecule has 1 aliphatic carbocycles. The number of hydrogen-bond donors (Lipinski definition) is 1. The molecule has 1 fully saturated rings. The van der Waals surface area contributed by atoms with Gasteiger partial charge >= 0.3 is 11.8 Å². The number of carbonyl (C=O) groups is 2. The predicted molar refractivity (Wildman–Crippen MR) is 119 cm³/mol. The number of imidazole rings is 1. The first kappa shape index (κ1) is 21.2. The van der Waals surface area contributed by atoms with Crippen molar-refractivity contribution in [2.24, 2.45) is 0 Å². The van der Waals surface area contributed by atoms with E-state index in [1.54, 1.807) is 21.0 Å². The molecule has 2 amide bonds. The molecule has 1 aliphatic heterocycles. The summed E-state index contributed by atoms with van der Waals surface area (Å²) in [5.41, 5.74) is 2.47. The smallest absolute Gasteiger partial charge is 0.409 e. The standard InChI is InChI=1S/C23H30N4O4/c1-2-31-23(30)25-14-12-17(13-15-25)24-21(28)16-26-19-10-6-7-11-20(19)27(22(26)29)18-8-4-3-5-9-18/h6-8,10-11,17H,2-5,9,12-16H2,1H3,(H,24,28). The Hall–Kier alpha value is -3.03. The molecule has 2 heterocycles. The topological polar surface area (TPSA) is 85.6 Å². The Balaban J connectivity index is 1.46. The summed E-state index contributed by atoms with van der Waals surface area (Å²) in [6.45, 7) is 3.23. The van der Waals surface area contributed by atoms with Crippen LogP contribution in [0.3, 0.4) is 0 Å². The molecule has 8 nitrogen and oxygen atoms in total. The van der Waals surface area contributed by atoms with Gasteiger partial charge in [0.15, 0.2) is 0 Å². The number of amides is 2. The van der Waals surface area contributed by atoms with Crippen molar-refractivity contribution in [2.45, 2.75) is 58.0 Å². The van der Waals surface area contributed by atoms with Gasteiger partial charge < -0.3 is 15.0 Å². The van der Waals surface area contributed by atoms with Crippen LogP contribution in [0.1, 0.15) is 45.4 Å². The largest absolute Gasteiger partial charge is 0.450 e. The van der Waals surface area contributed by atoms with Gasteiger partial charge in [-0.2, -0.15) is 0 Å². The highest BCUT2D eigenvalue weighted by Gasteiger charge is 2.25. The van der Waals surface area contributed by atoms with Crippen LogP contribution in [0.4, 0.5) is 4.79 Å². The van der Waals surface area contributed by atoms with Crippen LogP contribution < -0.4 is 11.0 Å². The molecule has 8 heteroatoms. The Morgan fingerprint density at radius 1 is 1.13 bits per heavy atom. The van der Waals surface area contributed by atoms with Crippen LogP contribution in [0.25, 0.3) is 16.7 Å². The van der Waals surface area contributed by atoms with Gasteiger partial charge in [-0.05, 0) is 57.6 Å². The van der Waals surface area contributed by atoms with E-state index in [-0.39, 0.29) is 30.3 Å². The third-order valence-electron chi connectivity index (χ3n) is 6.08. The van der Waals surface area contributed by atoms with E-state index < -0.39 is 0 Å². The molecular weight excluding hydrogens is 396 g/mol. The quantitative estimate of drug-likeness (QED) is 0.797. The number of nitrogens with one attached hydrogen (secondary N) is 1. The summed E-state index contributed by atoms with van der Waals surface area (Å²) in [7, 11) is 0. The maximum atomic E-state index is 13.2. The molecule has 0 spiro atoms. The van der Waals surface area contributed by atoms with Crippen molar-refractivity contribution in [3.63, 3.8) is 0 Å². The summed E-state index contributed by atoms with van der Waals surface area (Å²) in [4.78, 5) is 39.5. The number of likely N-dealkylation sites (tertiary alicyclic amines) is 1. The summed E-state index contributed by atoms with van der Waals surface area (Å²) in [5, 5.41) is 3.04. The number of para-hydroxylation sites is 2. The molecule has 31 heavy (non-hydrogen) atoms. The third kappa shape index (κ3) is 4.52.